The van der Waals surface area contributed by atoms with Crippen molar-refractivity contribution >= 4 is 11.6 Å². The lowest BCUT2D eigenvalue weighted by Crippen LogP contribution is -2.20. The van der Waals surface area contributed by atoms with Crippen LogP contribution in [0.4, 0.5) is 5.69 Å². The Kier molecular flexibility index (Phi) is 2.74. The van der Waals surface area contributed by atoms with Crippen molar-refractivity contribution in [3.05, 3.63) is 23.8 Å². The number of nitrogens with two attached hydrogens (primary N) is 2. The predicted octanol–water partition coefficient (Wildman–Crippen LogP) is 0.441. The Bertz CT molecular complexity index is 303. The summed E-state index contributed by atoms with van der Waals surface area (Å²) in [6, 6.07) is 5.26. The fourth-order valence-electron chi connectivity index (χ4n) is 1.01. The molecule has 70 valence electrons. The third kappa shape index (κ3) is 3.02. The lowest BCUT2D eigenvalue weighted by atomic mass is 10.2. The Morgan fingerprint density at radius 3 is 2.69 bits per heavy atom. The number of aryl methyl sites for hydroxylation is 1. The summed E-state index contributed by atoms with van der Waals surface area (Å²) in [6.07, 6.45) is 0. The predicted molar refractivity (Wildman–Crippen MR) is 50.3 cm³/mol. The summed E-state index contributed by atoms with van der Waals surface area (Å²) in [5.41, 5.74) is 12.1. The van der Waals surface area contributed by atoms with Crippen LogP contribution >= 0.6 is 0 Å². The fourth-order valence-corrected chi connectivity index (χ4v) is 1.01. The molecule has 0 aromatic heterocycles. The Morgan fingerprint density at radius 1 is 1.46 bits per heavy atom. The molecule has 4 heteroatoms. The second-order valence-corrected chi connectivity index (χ2v) is 2.83. The largest absolute Gasteiger partial charge is 0.484 e. The minimum atomic E-state index is -0.500. The molecule has 0 heterocycles. The van der Waals surface area contributed by atoms with Gasteiger partial charge in [0.1, 0.15) is 5.75 Å². The molecule has 1 amide bonds. The van der Waals surface area contributed by atoms with E-state index in [0.29, 0.717) is 11.4 Å². The Balaban J connectivity index is 2.71. The van der Waals surface area contributed by atoms with Crippen molar-refractivity contribution in [3.8, 4) is 5.75 Å². The van der Waals surface area contributed by atoms with Gasteiger partial charge in [0.25, 0.3) is 5.91 Å². The van der Waals surface area contributed by atoms with Crippen LogP contribution in [0.3, 0.4) is 0 Å². The van der Waals surface area contributed by atoms with Crippen LogP contribution in [0.15, 0.2) is 18.2 Å². The van der Waals surface area contributed by atoms with Gasteiger partial charge < -0.3 is 16.2 Å². The number of rotatable bonds is 3. The molecule has 0 aliphatic rings. The summed E-state index contributed by atoms with van der Waals surface area (Å²) < 4.78 is 5.07. The number of amides is 1. The van der Waals surface area contributed by atoms with Crippen molar-refractivity contribution in [3.63, 3.8) is 0 Å². The maximum absolute atomic E-state index is 10.4. The summed E-state index contributed by atoms with van der Waals surface area (Å²) in [5, 5.41) is 0. The van der Waals surface area contributed by atoms with Crippen LogP contribution in [0.1, 0.15) is 5.56 Å². The Labute approximate surface area is 76.5 Å². The van der Waals surface area contributed by atoms with Crippen LogP contribution in [0.2, 0.25) is 0 Å². The number of ether oxygens (including phenoxy) is 1. The van der Waals surface area contributed by atoms with Crippen LogP contribution in [-0.2, 0) is 4.79 Å². The van der Waals surface area contributed by atoms with Gasteiger partial charge in [-0.15, -0.1) is 0 Å². The first-order valence-electron chi connectivity index (χ1n) is 3.86. The second kappa shape index (κ2) is 3.80. The average molecular weight is 180 g/mol. The first-order chi connectivity index (χ1) is 6.08. The summed E-state index contributed by atoms with van der Waals surface area (Å²) in [6.45, 7) is 1.77. The van der Waals surface area contributed by atoms with Gasteiger partial charge in [0.2, 0.25) is 0 Å². The van der Waals surface area contributed by atoms with Crippen LogP contribution in [0.25, 0.3) is 0 Å². The quantitative estimate of drug-likeness (QED) is 0.662. The number of primary amides is 1. The van der Waals surface area contributed by atoms with E-state index < -0.39 is 5.91 Å². The monoisotopic (exact) mass is 180 g/mol. The number of hydrogen-bond acceptors (Lipinski definition) is 3. The smallest absolute Gasteiger partial charge is 0.255 e. The van der Waals surface area contributed by atoms with E-state index in [9.17, 15) is 4.79 Å². The van der Waals surface area contributed by atoms with Gasteiger partial charge in [0.15, 0.2) is 6.61 Å². The van der Waals surface area contributed by atoms with Crippen LogP contribution in [0.5, 0.6) is 5.75 Å². The minimum Gasteiger partial charge on any atom is -0.484 e. The molecular weight excluding hydrogens is 168 g/mol. The number of benzene rings is 1. The normalized spacial score (nSPS) is 9.62. The number of carbonyl (C=O) groups is 1. The third-order valence-electron chi connectivity index (χ3n) is 1.45. The fraction of sp³-hybridized carbons (Fsp3) is 0.222. The molecule has 1 aromatic rings. The summed E-state index contributed by atoms with van der Waals surface area (Å²) in [7, 11) is 0. The van der Waals surface area contributed by atoms with Crippen molar-refractivity contribution in [2.45, 2.75) is 6.92 Å². The molecule has 0 bridgehead atoms. The van der Waals surface area contributed by atoms with Crippen LogP contribution in [0, 0.1) is 6.92 Å². The number of carbonyl (C=O) groups excluding carboxylic acids is 1. The van der Waals surface area contributed by atoms with Gasteiger partial charge >= 0.3 is 0 Å². The molecule has 0 atom stereocenters. The third-order valence-corrected chi connectivity index (χ3v) is 1.45. The molecule has 4 N–H and O–H groups in total. The highest BCUT2D eigenvalue weighted by molar-refractivity contribution is 5.75. The molecule has 0 saturated heterocycles. The zero-order valence-corrected chi connectivity index (χ0v) is 7.41. The van der Waals surface area contributed by atoms with Crippen molar-refractivity contribution in [2.24, 2.45) is 5.73 Å². The topological polar surface area (TPSA) is 78.3 Å². The van der Waals surface area contributed by atoms with Crippen molar-refractivity contribution in [2.75, 3.05) is 12.3 Å². The molecule has 0 aliphatic carbocycles. The van der Waals surface area contributed by atoms with Gasteiger partial charge in [-0.3, -0.25) is 4.79 Å². The maximum atomic E-state index is 10.4. The highest BCUT2D eigenvalue weighted by Crippen LogP contribution is 2.17. The van der Waals surface area contributed by atoms with E-state index in [1.807, 2.05) is 13.0 Å². The van der Waals surface area contributed by atoms with Gasteiger partial charge in [-0.25, -0.2) is 0 Å². The van der Waals surface area contributed by atoms with E-state index in [1.54, 1.807) is 12.1 Å². The minimum absolute atomic E-state index is 0.122. The van der Waals surface area contributed by atoms with Gasteiger partial charge in [-0.2, -0.15) is 0 Å². The average Bonchev–Trinajstić information content (AvgIpc) is 1.99. The molecule has 4 nitrogen and oxygen atoms in total. The second-order valence-electron chi connectivity index (χ2n) is 2.83. The van der Waals surface area contributed by atoms with Crippen molar-refractivity contribution < 1.29 is 9.53 Å². The number of nitrogen functional groups attached to an aromatic ring is 1. The van der Waals surface area contributed by atoms with E-state index in [-0.39, 0.29) is 6.61 Å². The van der Waals surface area contributed by atoms with Gasteiger partial charge in [0, 0.05) is 11.8 Å². The lowest BCUT2D eigenvalue weighted by Gasteiger charge is -2.05. The molecule has 0 saturated carbocycles. The molecule has 1 aromatic carbocycles. The zero-order chi connectivity index (χ0) is 9.84. The first-order valence-corrected chi connectivity index (χ1v) is 3.86. The Hall–Kier alpha value is -1.71. The molecule has 0 unspecified atom stereocenters. The van der Waals surface area contributed by atoms with Crippen LogP contribution < -0.4 is 16.2 Å². The van der Waals surface area contributed by atoms with E-state index >= 15 is 0 Å². The van der Waals surface area contributed by atoms with Crippen LogP contribution in [-0.4, -0.2) is 12.5 Å². The SMILES string of the molecule is Cc1cc(N)cc(OCC(N)=O)c1. The molecule has 0 radical (unpaired) electrons. The highest BCUT2D eigenvalue weighted by Gasteiger charge is 1.99. The summed E-state index contributed by atoms with van der Waals surface area (Å²) in [4.78, 5) is 10.4. The number of hydrogen-bond donors (Lipinski definition) is 2. The van der Waals surface area contributed by atoms with Gasteiger partial charge in [-0.05, 0) is 24.6 Å². The van der Waals surface area contributed by atoms with E-state index in [4.69, 9.17) is 16.2 Å². The maximum Gasteiger partial charge on any atom is 0.255 e. The van der Waals surface area contributed by atoms with Crippen molar-refractivity contribution in [1.29, 1.82) is 0 Å². The molecule has 0 fully saturated rings. The first kappa shape index (κ1) is 9.38. The lowest BCUT2D eigenvalue weighted by molar-refractivity contribution is -0.119. The molecular formula is C9H12N2O2. The van der Waals surface area contributed by atoms with Crippen molar-refractivity contribution in [1.82, 2.24) is 0 Å². The molecule has 1 rings (SSSR count). The van der Waals surface area contributed by atoms with Gasteiger partial charge in [0.05, 0.1) is 0 Å². The van der Waals surface area contributed by atoms with E-state index in [1.165, 1.54) is 0 Å². The Morgan fingerprint density at radius 2 is 2.15 bits per heavy atom. The summed E-state index contributed by atoms with van der Waals surface area (Å²) >= 11 is 0. The summed E-state index contributed by atoms with van der Waals surface area (Å²) in [5.74, 6) is 0.0661. The molecule has 0 aliphatic heterocycles. The number of anilines is 1. The zero-order valence-electron chi connectivity index (χ0n) is 7.41. The van der Waals surface area contributed by atoms with Gasteiger partial charge in [-0.1, -0.05) is 0 Å². The molecule has 0 spiro atoms. The highest BCUT2D eigenvalue weighted by atomic mass is 16.5. The van der Waals surface area contributed by atoms with E-state index in [0.717, 1.165) is 5.56 Å². The van der Waals surface area contributed by atoms with E-state index in [2.05, 4.69) is 0 Å². The molecule has 13 heavy (non-hydrogen) atoms. The standard InChI is InChI=1S/C9H12N2O2/c1-6-2-7(10)4-8(3-6)13-5-9(11)12/h2-4H,5,10H2,1H3,(H2,11,12).